The van der Waals surface area contributed by atoms with Gasteiger partial charge in [-0.15, -0.1) is 0 Å². The van der Waals surface area contributed by atoms with E-state index in [1.165, 1.54) is 11.8 Å². The maximum atomic E-state index is 11.7. The molecule has 2 aromatic carbocycles. The van der Waals surface area contributed by atoms with Gasteiger partial charge < -0.3 is 5.32 Å². The summed E-state index contributed by atoms with van der Waals surface area (Å²) in [4.78, 5) is 23.5. The molecule has 0 saturated heterocycles. The summed E-state index contributed by atoms with van der Waals surface area (Å²) < 4.78 is 0. The predicted molar refractivity (Wildman–Crippen MR) is 104 cm³/mol. The van der Waals surface area contributed by atoms with Gasteiger partial charge in [0.2, 0.25) is 0 Å². The second-order valence-electron chi connectivity index (χ2n) is 7.06. The van der Waals surface area contributed by atoms with Gasteiger partial charge in [-0.05, 0) is 28.5 Å². The second kappa shape index (κ2) is 8.94. The van der Waals surface area contributed by atoms with Crippen LogP contribution in [-0.4, -0.2) is 24.6 Å². The van der Waals surface area contributed by atoms with Crippen LogP contribution in [0.25, 0.3) is 0 Å². The normalized spacial score (nSPS) is 11.3. The van der Waals surface area contributed by atoms with Gasteiger partial charge in [0.25, 0.3) is 0 Å². The maximum absolute atomic E-state index is 11.7. The van der Waals surface area contributed by atoms with E-state index in [2.05, 4.69) is 36.6 Å². The molecule has 0 unspecified atom stereocenters. The lowest BCUT2D eigenvalue weighted by molar-refractivity contribution is -0.139. The molecule has 0 fully saturated rings. The Morgan fingerprint density at radius 2 is 1.62 bits per heavy atom. The van der Waals surface area contributed by atoms with Crippen molar-refractivity contribution in [2.24, 2.45) is 5.10 Å². The molecule has 2 N–H and O–H groups in total. The summed E-state index contributed by atoms with van der Waals surface area (Å²) in [6.07, 6.45) is 2.19. The number of hydrogen-bond acceptors (Lipinski definition) is 3. The summed E-state index contributed by atoms with van der Waals surface area (Å²) in [6, 6.07) is 17.7. The summed E-state index contributed by atoms with van der Waals surface area (Å²) in [7, 11) is 0. The highest BCUT2D eigenvalue weighted by Gasteiger charge is 2.13. The van der Waals surface area contributed by atoms with Crippen LogP contribution in [0.4, 0.5) is 0 Å². The van der Waals surface area contributed by atoms with Gasteiger partial charge in [0, 0.05) is 6.54 Å². The number of carbonyl (C=O) groups excluding carboxylic acids is 2. The van der Waals surface area contributed by atoms with E-state index < -0.39 is 11.8 Å². The molecule has 0 aliphatic carbocycles. The first-order valence-electron chi connectivity index (χ1n) is 8.62. The third-order valence-electron chi connectivity index (χ3n) is 3.90. The molecule has 0 saturated carbocycles. The third-order valence-corrected chi connectivity index (χ3v) is 3.90. The Labute approximate surface area is 154 Å². The molecule has 0 aliphatic rings. The van der Waals surface area contributed by atoms with E-state index in [1.54, 1.807) is 0 Å². The molecule has 0 bridgehead atoms. The third kappa shape index (κ3) is 6.16. The summed E-state index contributed by atoms with van der Waals surface area (Å²) in [6.45, 7) is 6.83. The van der Waals surface area contributed by atoms with Crippen molar-refractivity contribution in [1.29, 1.82) is 0 Å². The number of carbonyl (C=O) groups is 2. The number of nitrogens with zero attached hydrogens (tertiary/aromatic N) is 1. The first-order valence-corrected chi connectivity index (χ1v) is 8.62. The fourth-order valence-electron chi connectivity index (χ4n) is 2.33. The fraction of sp³-hybridized carbons (Fsp3) is 0.286. The van der Waals surface area contributed by atoms with Crippen molar-refractivity contribution < 1.29 is 9.59 Å². The summed E-state index contributed by atoms with van der Waals surface area (Å²) >= 11 is 0. The second-order valence-corrected chi connectivity index (χ2v) is 7.06. The van der Waals surface area contributed by atoms with E-state index in [1.807, 2.05) is 54.6 Å². The molecule has 0 aromatic heterocycles. The zero-order valence-electron chi connectivity index (χ0n) is 15.5. The largest absolute Gasteiger partial charge is 0.347 e. The zero-order chi connectivity index (χ0) is 19.0. The van der Waals surface area contributed by atoms with E-state index >= 15 is 0 Å². The summed E-state index contributed by atoms with van der Waals surface area (Å²) in [5.74, 6) is -1.47. The Kier molecular flexibility index (Phi) is 6.67. The molecule has 2 rings (SSSR count). The lowest BCUT2D eigenvalue weighted by Gasteiger charge is -2.18. The van der Waals surface area contributed by atoms with Gasteiger partial charge in [-0.3, -0.25) is 9.59 Å². The molecule has 5 heteroatoms. The molecule has 5 nitrogen and oxygen atoms in total. The molecule has 2 aromatic rings. The Morgan fingerprint density at radius 3 is 2.23 bits per heavy atom. The van der Waals surface area contributed by atoms with Crippen molar-refractivity contribution in [3.8, 4) is 0 Å². The topological polar surface area (TPSA) is 70.6 Å². The first kappa shape index (κ1) is 19.4. The summed E-state index contributed by atoms with van der Waals surface area (Å²) in [5, 5.41) is 6.41. The van der Waals surface area contributed by atoms with Gasteiger partial charge in [0.1, 0.15) is 0 Å². The Hall–Kier alpha value is -2.95. The Bertz CT molecular complexity index is 760. The number of rotatable bonds is 5. The van der Waals surface area contributed by atoms with Gasteiger partial charge in [0.15, 0.2) is 0 Å². The number of benzene rings is 2. The molecule has 2 amide bonds. The van der Waals surface area contributed by atoms with Crippen molar-refractivity contribution in [2.45, 2.75) is 32.6 Å². The van der Waals surface area contributed by atoms with E-state index in [0.717, 1.165) is 11.1 Å². The molecule has 26 heavy (non-hydrogen) atoms. The van der Waals surface area contributed by atoms with Crippen molar-refractivity contribution >= 4 is 18.0 Å². The lowest BCUT2D eigenvalue weighted by atomic mass is 9.87. The SMILES string of the molecule is CC(C)(C)c1ccc(/C=N/NC(=O)C(=O)NCCc2ccccc2)cc1. The first-order chi connectivity index (χ1) is 12.4. The van der Waals surface area contributed by atoms with Gasteiger partial charge in [-0.1, -0.05) is 75.4 Å². The van der Waals surface area contributed by atoms with Crippen LogP contribution in [-0.2, 0) is 21.4 Å². The smallest absolute Gasteiger partial charge is 0.329 e. The molecule has 136 valence electrons. The lowest BCUT2D eigenvalue weighted by Crippen LogP contribution is -2.38. The molecule has 0 aliphatic heterocycles. The Morgan fingerprint density at radius 1 is 0.962 bits per heavy atom. The minimum absolute atomic E-state index is 0.0850. The van der Waals surface area contributed by atoms with Gasteiger partial charge in [0.05, 0.1) is 6.21 Å². The van der Waals surface area contributed by atoms with Crippen LogP contribution in [0.5, 0.6) is 0 Å². The zero-order valence-corrected chi connectivity index (χ0v) is 15.5. The minimum atomic E-state index is -0.777. The number of hydrazone groups is 1. The van der Waals surface area contributed by atoms with Crippen LogP contribution in [0, 0.1) is 0 Å². The summed E-state index contributed by atoms with van der Waals surface area (Å²) in [5.41, 5.74) is 5.50. The van der Waals surface area contributed by atoms with E-state index in [9.17, 15) is 9.59 Å². The Balaban J connectivity index is 1.76. The van der Waals surface area contributed by atoms with Gasteiger partial charge in [-0.25, -0.2) is 5.43 Å². The van der Waals surface area contributed by atoms with Gasteiger partial charge in [-0.2, -0.15) is 5.10 Å². The molecule has 0 radical (unpaired) electrons. The van der Waals surface area contributed by atoms with Crippen molar-refractivity contribution in [3.05, 3.63) is 71.3 Å². The number of amides is 2. The number of nitrogens with one attached hydrogen (secondary N) is 2. The highest BCUT2D eigenvalue weighted by molar-refractivity contribution is 6.35. The van der Waals surface area contributed by atoms with Crippen molar-refractivity contribution in [2.75, 3.05) is 6.54 Å². The average Bonchev–Trinajstić information content (AvgIpc) is 2.62. The van der Waals surface area contributed by atoms with Crippen LogP contribution >= 0.6 is 0 Å². The van der Waals surface area contributed by atoms with Crippen molar-refractivity contribution in [3.63, 3.8) is 0 Å². The molecular formula is C21H25N3O2. The average molecular weight is 351 g/mol. The quantitative estimate of drug-likeness (QED) is 0.494. The molecular weight excluding hydrogens is 326 g/mol. The standard InChI is InChI=1S/C21H25N3O2/c1-21(2,3)18-11-9-17(10-12-18)15-23-24-20(26)19(25)22-14-13-16-7-5-4-6-8-16/h4-12,15H,13-14H2,1-3H3,(H,22,25)(H,24,26)/b23-15+. The van der Waals surface area contributed by atoms with Crippen LogP contribution in [0.1, 0.15) is 37.5 Å². The fourth-order valence-corrected chi connectivity index (χ4v) is 2.33. The molecule has 0 heterocycles. The molecule has 0 atom stereocenters. The predicted octanol–water partition coefficient (Wildman–Crippen LogP) is 2.79. The van der Waals surface area contributed by atoms with E-state index in [4.69, 9.17) is 0 Å². The highest BCUT2D eigenvalue weighted by atomic mass is 16.2. The van der Waals surface area contributed by atoms with Crippen LogP contribution < -0.4 is 10.7 Å². The highest BCUT2D eigenvalue weighted by Crippen LogP contribution is 2.21. The monoisotopic (exact) mass is 351 g/mol. The van der Waals surface area contributed by atoms with Crippen LogP contribution in [0.3, 0.4) is 0 Å². The van der Waals surface area contributed by atoms with E-state index in [0.29, 0.717) is 13.0 Å². The molecule has 0 spiro atoms. The maximum Gasteiger partial charge on any atom is 0.329 e. The van der Waals surface area contributed by atoms with Crippen LogP contribution in [0.2, 0.25) is 0 Å². The number of hydrogen-bond donors (Lipinski definition) is 2. The minimum Gasteiger partial charge on any atom is -0.347 e. The van der Waals surface area contributed by atoms with Gasteiger partial charge >= 0.3 is 11.8 Å². The van der Waals surface area contributed by atoms with Crippen molar-refractivity contribution in [1.82, 2.24) is 10.7 Å². The van der Waals surface area contributed by atoms with E-state index in [-0.39, 0.29) is 5.41 Å². The van der Waals surface area contributed by atoms with Crippen LogP contribution in [0.15, 0.2) is 59.7 Å².